The first-order chi connectivity index (χ1) is 16.6. The molecule has 1 fully saturated rings. The zero-order valence-electron chi connectivity index (χ0n) is 19.1. The molecule has 2 aromatic rings. The van der Waals surface area contributed by atoms with Gasteiger partial charge < -0.3 is 25.0 Å². The molecule has 1 amide bonds. The van der Waals surface area contributed by atoms with E-state index in [2.05, 4.69) is 15.0 Å². The first kappa shape index (κ1) is 26.3. The Hall–Kier alpha value is -3.34. The maximum atomic E-state index is 13.1. The van der Waals surface area contributed by atoms with Crippen molar-refractivity contribution in [2.45, 2.75) is 50.9 Å². The van der Waals surface area contributed by atoms with Gasteiger partial charge in [0.15, 0.2) is 0 Å². The Morgan fingerprint density at radius 1 is 1.23 bits per heavy atom. The van der Waals surface area contributed by atoms with Crippen LogP contribution in [-0.4, -0.2) is 52.2 Å². The van der Waals surface area contributed by atoms with E-state index in [4.69, 9.17) is 9.84 Å². The number of carboxylic acid groups (broad SMARTS) is 1. The van der Waals surface area contributed by atoms with Crippen LogP contribution in [0.25, 0.3) is 11.1 Å². The van der Waals surface area contributed by atoms with Gasteiger partial charge in [-0.2, -0.15) is 0 Å². The monoisotopic (exact) mass is 496 g/mol. The highest BCUT2D eigenvalue weighted by Crippen LogP contribution is 2.36. The van der Waals surface area contributed by atoms with Crippen LogP contribution in [-0.2, 0) is 4.79 Å². The summed E-state index contributed by atoms with van der Waals surface area (Å²) in [6.45, 7) is 1.57. The lowest BCUT2D eigenvalue weighted by Crippen LogP contribution is -2.56. The molecular formula is C24H27F3N2O6. The minimum Gasteiger partial charge on any atom is -0.480 e. The highest BCUT2D eigenvalue weighted by atomic mass is 19.4. The number of ether oxygens (including phenoxy) is 2. The highest BCUT2D eigenvalue weighted by Gasteiger charge is 2.43. The molecule has 0 atom stereocenters. The zero-order valence-corrected chi connectivity index (χ0v) is 19.1. The van der Waals surface area contributed by atoms with Crippen LogP contribution >= 0.6 is 0 Å². The Morgan fingerprint density at radius 2 is 1.94 bits per heavy atom. The summed E-state index contributed by atoms with van der Waals surface area (Å²) in [5, 5.41) is 21.6. The molecule has 11 heteroatoms. The summed E-state index contributed by atoms with van der Waals surface area (Å²) in [6.07, 6.45) is -0.837. The molecule has 35 heavy (non-hydrogen) atoms. The number of rotatable bonds is 9. The molecule has 0 unspecified atom stereocenters. The summed E-state index contributed by atoms with van der Waals surface area (Å²) < 4.78 is 47.4. The van der Waals surface area contributed by atoms with E-state index in [1.165, 1.54) is 24.4 Å². The average Bonchev–Trinajstić information content (AvgIpc) is 2.82. The van der Waals surface area contributed by atoms with E-state index in [1.54, 1.807) is 0 Å². The second-order valence-electron chi connectivity index (χ2n) is 8.42. The van der Waals surface area contributed by atoms with Crippen molar-refractivity contribution in [3.05, 3.63) is 42.1 Å². The van der Waals surface area contributed by atoms with Crippen LogP contribution in [0, 0.1) is 5.92 Å². The number of carbonyl (C=O) groups excluding carboxylic acids is 1. The van der Waals surface area contributed by atoms with E-state index in [9.17, 15) is 27.9 Å². The lowest BCUT2D eigenvalue weighted by molar-refractivity contribution is -0.274. The Balaban J connectivity index is 1.93. The molecule has 3 rings (SSSR count). The van der Waals surface area contributed by atoms with Crippen LogP contribution in [0.1, 0.15) is 49.4 Å². The Labute approximate surface area is 200 Å². The number of amides is 1. The number of benzene rings is 1. The standard InChI is InChI=1S/C24H27F3N2O6/c1-2-15-6-8-23(9-7-15,22(32)33)29-20(31)17-13-19(21(28-14-17)34-11-10-30)16-4-3-5-18(12-16)35-24(25,26)27/h3-5,12-15,30H,2,6-11H2,1H3,(H,29,31)(H,32,33)/t15-,23-. The van der Waals surface area contributed by atoms with Gasteiger partial charge in [0, 0.05) is 11.8 Å². The molecule has 1 saturated carbocycles. The van der Waals surface area contributed by atoms with E-state index < -0.39 is 29.5 Å². The lowest BCUT2D eigenvalue weighted by Gasteiger charge is -2.37. The number of aliphatic hydroxyl groups excluding tert-OH is 1. The second kappa shape index (κ2) is 10.9. The van der Waals surface area contributed by atoms with Gasteiger partial charge in [-0.1, -0.05) is 25.5 Å². The van der Waals surface area contributed by atoms with Crippen LogP contribution in [0.15, 0.2) is 36.5 Å². The van der Waals surface area contributed by atoms with Gasteiger partial charge in [-0.3, -0.25) is 4.79 Å². The van der Waals surface area contributed by atoms with Gasteiger partial charge >= 0.3 is 12.3 Å². The number of aromatic nitrogens is 1. The number of nitrogens with zero attached hydrogens (tertiary/aromatic N) is 1. The lowest BCUT2D eigenvalue weighted by atomic mass is 9.75. The fourth-order valence-corrected chi connectivity index (χ4v) is 4.16. The van der Waals surface area contributed by atoms with E-state index >= 15 is 0 Å². The fraction of sp³-hybridized carbons (Fsp3) is 0.458. The Kier molecular flexibility index (Phi) is 8.21. The van der Waals surface area contributed by atoms with E-state index in [0.717, 1.165) is 18.6 Å². The van der Waals surface area contributed by atoms with Crippen molar-refractivity contribution in [2.24, 2.45) is 5.92 Å². The number of aliphatic hydroxyl groups is 1. The van der Waals surface area contributed by atoms with Crippen molar-refractivity contribution < 1.29 is 42.4 Å². The number of carboxylic acids is 1. The number of alkyl halides is 3. The minimum atomic E-state index is -4.89. The SMILES string of the molecule is CC[C@H]1CC[C@@](NC(=O)c2cnc(OCCO)c(-c3cccc(OC(F)(F)F)c3)c2)(C(=O)O)CC1. The van der Waals surface area contributed by atoms with Crippen LogP contribution in [0.2, 0.25) is 0 Å². The number of hydrogen-bond acceptors (Lipinski definition) is 6. The molecule has 0 spiro atoms. The second-order valence-corrected chi connectivity index (χ2v) is 8.42. The molecule has 0 saturated heterocycles. The quantitative estimate of drug-likeness (QED) is 0.477. The van der Waals surface area contributed by atoms with Crippen molar-refractivity contribution >= 4 is 11.9 Å². The first-order valence-corrected chi connectivity index (χ1v) is 11.2. The summed E-state index contributed by atoms with van der Waals surface area (Å²) >= 11 is 0. The molecule has 3 N–H and O–H groups in total. The highest BCUT2D eigenvalue weighted by molar-refractivity contribution is 5.99. The number of aliphatic carboxylic acids is 1. The average molecular weight is 496 g/mol. The molecular weight excluding hydrogens is 469 g/mol. The molecule has 1 aliphatic carbocycles. The number of halogens is 3. The number of hydrogen-bond donors (Lipinski definition) is 3. The smallest absolute Gasteiger partial charge is 0.480 e. The third kappa shape index (κ3) is 6.62. The predicted octanol–water partition coefficient (Wildman–Crippen LogP) is 4.17. The van der Waals surface area contributed by atoms with Crippen molar-refractivity contribution in [3.63, 3.8) is 0 Å². The normalized spacial score (nSPS) is 20.2. The van der Waals surface area contributed by atoms with Crippen LogP contribution in [0.5, 0.6) is 11.6 Å². The van der Waals surface area contributed by atoms with Crippen LogP contribution in [0.3, 0.4) is 0 Å². The van der Waals surface area contributed by atoms with Gasteiger partial charge in [0.1, 0.15) is 17.9 Å². The van der Waals surface area contributed by atoms with Gasteiger partial charge in [-0.05, 0) is 55.4 Å². The number of nitrogens with one attached hydrogen (secondary N) is 1. The molecule has 0 aliphatic heterocycles. The van der Waals surface area contributed by atoms with Crippen LogP contribution in [0.4, 0.5) is 13.2 Å². The summed E-state index contributed by atoms with van der Waals surface area (Å²) in [5.41, 5.74) is -0.997. The third-order valence-corrected chi connectivity index (χ3v) is 6.12. The summed E-state index contributed by atoms with van der Waals surface area (Å²) in [6, 6.07) is 6.42. The summed E-state index contributed by atoms with van der Waals surface area (Å²) in [5.74, 6) is -1.88. The Morgan fingerprint density at radius 3 is 2.54 bits per heavy atom. The zero-order chi connectivity index (χ0) is 25.6. The van der Waals surface area contributed by atoms with Gasteiger partial charge in [0.25, 0.3) is 5.91 Å². The number of carbonyl (C=O) groups is 2. The van der Waals surface area contributed by atoms with Crippen molar-refractivity contribution in [2.75, 3.05) is 13.2 Å². The van der Waals surface area contributed by atoms with Gasteiger partial charge in [0.05, 0.1) is 12.2 Å². The molecule has 8 nitrogen and oxygen atoms in total. The largest absolute Gasteiger partial charge is 0.573 e. The van der Waals surface area contributed by atoms with Gasteiger partial charge in [0.2, 0.25) is 5.88 Å². The first-order valence-electron chi connectivity index (χ1n) is 11.2. The number of pyridine rings is 1. The van der Waals surface area contributed by atoms with Crippen molar-refractivity contribution in [1.29, 1.82) is 0 Å². The fourth-order valence-electron chi connectivity index (χ4n) is 4.16. The molecule has 1 aliphatic rings. The van der Waals surface area contributed by atoms with Crippen LogP contribution < -0.4 is 14.8 Å². The van der Waals surface area contributed by atoms with E-state index in [-0.39, 0.29) is 35.8 Å². The van der Waals surface area contributed by atoms with E-state index in [0.29, 0.717) is 31.6 Å². The summed E-state index contributed by atoms with van der Waals surface area (Å²) in [4.78, 5) is 29.2. The molecule has 1 aromatic carbocycles. The van der Waals surface area contributed by atoms with Crippen molar-refractivity contribution in [3.8, 4) is 22.8 Å². The molecule has 190 valence electrons. The maximum Gasteiger partial charge on any atom is 0.573 e. The van der Waals surface area contributed by atoms with Gasteiger partial charge in [-0.25, -0.2) is 9.78 Å². The predicted molar refractivity (Wildman–Crippen MR) is 119 cm³/mol. The maximum absolute atomic E-state index is 13.1. The van der Waals surface area contributed by atoms with E-state index in [1.807, 2.05) is 6.92 Å². The summed E-state index contributed by atoms with van der Waals surface area (Å²) in [7, 11) is 0. The van der Waals surface area contributed by atoms with Gasteiger partial charge in [-0.15, -0.1) is 13.2 Å². The third-order valence-electron chi connectivity index (χ3n) is 6.12. The topological polar surface area (TPSA) is 118 Å². The molecule has 0 bridgehead atoms. The van der Waals surface area contributed by atoms with Crippen molar-refractivity contribution in [1.82, 2.24) is 10.3 Å². The molecule has 0 radical (unpaired) electrons. The minimum absolute atomic E-state index is 0.0109. The molecule has 1 heterocycles. The molecule has 1 aromatic heterocycles. The Bertz CT molecular complexity index is 1050.